The number of ether oxygens (including phenoxy) is 3. The van der Waals surface area contributed by atoms with Crippen LogP contribution in [0, 0.1) is 0 Å². The summed E-state index contributed by atoms with van der Waals surface area (Å²) in [6, 6.07) is 8.89. The van der Waals surface area contributed by atoms with Crippen LogP contribution in [0.2, 0.25) is 0 Å². The highest BCUT2D eigenvalue weighted by atomic mass is 16.7. The average Bonchev–Trinajstić information content (AvgIpc) is 2.74. The SMILES string of the molecule is COC(=O)C1=C(C(O)c2ccccc2)OC(C)(C)O1. The van der Waals surface area contributed by atoms with Gasteiger partial charge in [-0.3, -0.25) is 0 Å². The highest BCUT2D eigenvalue weighted by molar-refractivity contribution is 5.87. The smallest absolute Gasteiger partial charge is 0.377 e. The number of methoxy groups -OCH3 is 1. The molecule has 1 aliphatic heterocycles. The number of aliphatic hydroxyl groups is 1. The van der Waals surface area contributed by atoms with Crippen molar-refractivity contribution in [3.05, 3.63) is 47.4 Å². The minimum absolute atomic E-state index is 0.0723. The Balaban J connectivity index is 2.36. The Kier molecular flexibility index (Phi) is 3.48. The van der Waals surface area contributed by atoms with Crippen LogP contribution in [0.25, 0.3) is 0 Å². The highest BCUT2D eigenvalue weighted by Gasteiger charge is 2.41. The van der Waals surface area contributed by atoms with Gasteiger partial charge in [-0.05, 0) is 5.56 Å². The second-order valence-corrected chi connectivity index (χ2v) is 4.60. The molecule has 0 saturated carbocycles. The van der Waals surface area contributed by atoms with Crippen molar-refractivity contribution >= 4 is 5.97 Å². The largest absolute Gasteiger partial charge is 0.463 e. The number of aliphatic hydroxyl groups excluding tert-OH is 1. The molecule has 1 aromatic carbocycles. The van der Waals surface area contributed by atoms with E-state index >= 15 is 0 Å². The topological polar surface area (TPSA) is 65.0 Å². The molecule has 0 aromatic heterocycles. The Morgan fingerprint density at radius 2 is 1.89 bits per heavy atom. The molecule has 0 radical (unpaired) electrons. The Bertz CT molecular complexity index is 504. The fourth-order valence-corrected chi connectivity index (χ4v) is 1.83. The Labute approximate surface area is 111 Å². The predicted molar refractivity (Wildman–Crippen MR) is 66.7 cm³/mol. The molecule has 1 unspecified atom stereocenters. The van der Waals surface area contributed by atoms with E-state index in [4.69, 9.17) is 9.47 Å². The maximum absolute atomic E-state index is 11.7. The van der Waals surface area contributed by atoms with Crippen molar-refractivity contribution in [2.45, 2.75) is 25.7 Å². The predicted octanol–water partition coefficient (Wildman–Crippen LogP) is 1.89. The summed E-state index contributed by atoms with van der Waals surface area (Å²) < 4.78 is 15.5. The molecule has 0 fully saturated rings. The second kappa shape index (κ2) is 4.93. The van der Waals surface area contributed by atoms with Gasteiger partial charge in [0, 0.05) is 13.8 Å². The molecule has 0 amide bonds. The molecule has 1 aromatic rings. The summed E-state index contributed by atoms with van der Waals surface area (Å²) >= 11 is 0. The van der Waals surface area contributed by atoms with Crippen LogP contribution < -0.4 is 0 Å². The number of hydrogen-bond donors (Lipinski definition) is 1. The first kappa shape index (κ1) is 13.4. The third-order valence-corrected chi connectivity index (χ3v) is 2.66. The molecule has 2 rings (SSSR count). The Hall–Kier alpha value is -2.01. The van der Waals surface area contributed by atoms with Gasteiger partial charge in [0.15, 0.2) is 5.76 Å². The van der Waals surface area contributed by atoms with E-state index in [0.29, 0.717) is 5.56 Å². The lowest BCUT2D eigenvalue weighted by Gasteiger charge is -2.19. The van der Waals surface area contributed by atoms with Crippen LogP contribution in [0.1, 0.15) is 25.5 Å². The molecule has 5 heteroatoms. The third kappa shape index (κ3) is 2.71. The van der Waals surface area contributed by atoms with Gasteiger partial charge in [-0.2, -0.15) is 0 Å². The minimum atomic E-state index is -1.07. The monoisotopic (exact) mass is 264 g/mol. The van der Waals surface area contributed by atoms with Crippen LogP contribution in [0.4, 0.5) is 0 Å². The van der Waals surface area contributed by atoms with E-state index in [1.54, 1.807) is 38.1 Å². The first-order valence-corrected chi connectivity index (χ1v) is 5.88. The molecular weight excluding hydrogens is 248 g/mol. The summed E-state index contributed by atoms with van der Waals surface area (Å²) in [7, 11) is 1.25. The van der Waals surface area contributed by atoms with Gasteiger partial charge < -0.3 is 19.3 Å². The number of benzene rings is 1. The summed E-state index contributed by atoms with van der Waals surface area (Å²) in [5.74, 6) is -1.70. The van der Waals surface area contributed by atoms with E-state index in [1.165, 1.54) is 7.11 Å². The lowest BCUT2D eigenvalue weighted by molar-refractivity contribution is -0.154. The fourth-order valence-electron chi connectivity index (χ4n) is 1.83. The number of rotatable bonds is 3. The summed E-state index contributed by atoms with van der Waals surface area (Å²) in [4.78, 5) is 11.7. The zero-order valence-electron chi connectivity index (χ0n) is 11.0. The number of esters is 1. The Morgan fingerprint density at radius 1 is 1.26 bits per heavy atom. The number of carbonyl (C=O) groups excluding carboxylic acids is 1. The van der Waals surface area contributed by atoms with Crippen LogP contribution in [0.3, 0.4) is 0 Å². The van der Waals surface area contributed by atoms with Crippen molar-refractivity contribution in [3.8, 4) is 0 Å². The van der Waals surface area contributed by atoms with Gasteiger partial charge in [-0.25, -0.2) is 4.79 Å². The van der Waals surface area contributed by atoms with E-state index in [2.05, 4.69) is 4.74 Å². The van der Waals surface area contributed by atoms with Crippen molar-refractivity contribution in [2.75, 3.05) is 7.11 Å². The van der Waals surface area contributed by atoms with Gasteiger partial charge in [0.2, 0.25) is 11.5 Å². The molecule has 1 aliphatic rings. The van der Waals surface area contributed by atoms with Crippen LogP contribution >= 0.6 is 0 Å². The molecule has 102 valence electrons. The molecule has 0 spiro atoms. The van der Waals surface area contributed by atoms with E-state index in [1.807, 2.05) is 6.07 Å². The van der Waals surface area contributed by atoms with E-state index < -0.39 is 17.9 Å². The van der Waals surface area contributed by atoms with Crippen molar-refractivity contribution in [1.29, 1.82) is 0 Å². The van der Waals surface area contributed by atoms with Crippen LogP contribution in [0.5, 0.6) is 0 Å². The van der Waals surface area contributed by atoms with E-state index in [0.717, 1.165) is 0 Å². The molecule has 0 bridgehead atoms. The van der Waals surface area contributed by atoms with Gasteiger partial charge in [0.1, 0.15) is 6.10 Å². The van der Waals surface area contributed by atoms with E-state index in [9.17, 15) is 9.90 Å². The molecule has 19 heavy (non-hydrogen) atoms. The number of carbonyl (C=O) groups is 1. The molecule has 1 heterocycles. The van der Waals surface area contributed by atoms with E-state index in [-0.39, 0.29) is 11.5 Å². The van der Waals surface area contributed by atoms with Gasteiger partial charge in [0.25, 0.3) is 0 Å². The fraction of sp³-hybridized carbons (Fsp3) is 0.357. The second-order valence-electron chi connectivity index (χ2n) is 4.60. The molecule has 1 N–H and O–H groups in total. The summed E-state index contributed by atoms with van der Waals surface area (Å²) in [6.45, 7) is 3.31. The van der Waals surface area contributed by atoms with Gasteiger partial charge in [-0.1, -0.05) is 30.3 Å². The quantitative estimate of drug-likeness (QED) is 0.844. The van der Waals surface area contributed by atoms with Crippen molar-refractivity contribution in [2.24, 2.45) is 0 Å². The van der Waals surface area contributed by atoms with Crippen LogP contribution in [-0.4, -0.2) is 24.0 Å². The number of hydrogen-bond acceptors (Lipinski definition) is 5. The molecule has 1 atom stereocenters. The average molecular weight is 264 g/mol. The minimum Gasteiger partial charge on any atom is -0.463 e. The summed E-state index contributed by atoms with van der Waals surface area (Å²) in [6.07, 6.45) is -1.07. The standard InChI is InChI=1S/C14H16O5/c1-14(2)18-11(12(19-14)13(16)17-3)10(15)9-7-5-4-6-8-9/h4-8,10,15H,1-3H3. The highest BCUT2D eigenvalue weighted by Crippen LogP contribution is 2.37. The van der Waals surface area contributed by atoms with Crippen LogP contribution in [-0.2, 0) is 19.0 Å². The first-order chi connectivity index (χ1) is 8.94. The lowest BCUT2D eigenvalue weighted by atomic mass is 10.1. The summed E-state index contributed by atoms with van der Waals surface area (Å²) in [5, 5.41) is 10.3. The molecule has 0 saturated heterocycles. The van der Waals surface area contributed by atoms with Gasteiger partial charge in [0.05, 0.1) is 7.11 Å². The normalized spacial score (nSPS) is 18.5. The van der Waals surface area contributed by atoms with Crippen molar-refractivity contribution in [1.82, 2.24) is 0 Å². The molecular formula is C14H16O5. The molecule has 5 nitrogen and oxygen atoms in total. The lowest BCUT2D eigenvalue weighted by Crippen LogP contribution is -2.22. The molecule has 0 aliphatic carbocycles. The first-order valence-electron chi connectivity index (χ1n) is 5.88. The van der Waals surface area contributed by atoms with Crippen molar-refractivity contribution in [3.63, 3.8) is 0 Å². The zero-order chi connectivity index (χ0) is 14.0. The van der Waals surface area contributed by atoms with Gasteiger partial charge in [-0.15, -0.1) is 0 Å². The third-order valence-electron chi connectivity index (χ3n) is 2.66. The van der Waals surface area contributed by atoms with Crippen LogP contribution in [0.15, 0.2) is 41.9 Å². The van der Waals surface area contributed by atoms with Crippen molar-refractivity contribution < 1.29 is 24.1 Å². The maximum Gasteiger partial charge on any atom is 0.377 e. The van der Waals surface area contributed by atoms with Gasteiger partial charge >= 0.3 is 5.97 Å². The maximum atomic E-state index is 11.7. The summed E-state index contributed by atoms with van der Waals surface area (Å²) in [5.41, 5.74) is 0.611. The Morgan fingerprint density at radius 3 is 2.47 bits per heavy atom. The zero-order valence-corrected chi connectivity index (χ0v) is 11.0.